The number of hydrazone groups is 1. The fraction of sp³-hybridized carbons (Fsp3) is 0.125. The lowest BCUT2D eigenvalue weighted by Gasteiger charge is -2.08. The van der Waals surface area contributed by atoms with Crippen LogP contribution in [0, 0.1) is 0 Å². The number of amides is 2. The molecule has 30 heavy (non-hydrogen) atoms. The molecule has 0 bridgehead atoms. The summed E-state index contributed by atoms with van der Waals surface area (Å²) in [5.74, 6) is 0.171. The van der Waals surface area contributed by atoms with Crippen LogP contribution in [0.25, 0.3) is 0 Å². The highest BCUT2D eigenvalue weighted by Gasteiger charge is 2.08. The molecule has 0 radical (unpaired) electrons. The third kappa shape index (κ3) is 6.04. The van der Waals surface area contributed by atoms with Gasteiger partial charge in [0.25, 0.3) is 5.91 Å². The first-order chi connectivity index (χ1) is 14.7. The van der Waals surface area contributed by atoms with Crippen molar-refractivity contribution >= 4 is 23.7 Å². The molecule has 2 N–H and O–H groups in total. The lowest BCUT2D eigenvalue weighted by molar-refractivity contribution is -0.115. The number of ether oxygens (including phenoxy) is 1. The maximum Gasteiger partial charge on any atom is 0.271 e. The molecule has 0 heterocycles. The van der Waals surface area contributed by atoms with Gasteiger partial charge in [-0.1, -0.05) is 48.5 Å². The van der Waals surface area contributed by atoms with Gasteiger partial charge < -0.3 is 10.1 Å². The molecule has 3 rings (SSSR count). The largest absolute Gasteiger partial charge is 0.493 e. The van der Waals surface area contributed by atoms with E-state index in [0.29, 0.717) is 23.6 Å². The summed E-state index contributed by atoms with van der Waals surface area (Å²) in [7, 11) is 0. The Morgan fingerprint density at radius 2 is 1.73 bits per heavy atom. The molecule has 152 valence electrons. The van der Waals surface area contributed by atoms with Gasteiger partial charge in [-0.25, -0.2) is 5.43 Å². The summed E-state index contributed by atoms with van der Waals surface area (Å²) >= 11 is 0. The van der Waals surface area contributed by atoms with E-state index in [1.54, 1.807) is 24.3 Å². The Morgan fingerprint density at radius 1 is 0.967 bits per heavy atom. The van der Waals surface area contributed by atoms with Crippen LogP contribution in [-0.2, 0) is 11.2 Å². The third-order valence-corrected chi connectivity index (χ3v) is 4.20. The molecule has 0 saturated carbocycles. The van der Waals surface area contributed by atoms with Gasteiger partial charge in [0, 0.05) is 16.8 Å². The molecule has 3 aromatic carbocycles. The second-order valence-electron chi connectivity index (χ2n) is 6.46. The van der Waals surface area contributed by atoms with Crippen LogP contribution >= 0.6 is 0 Å². The Hall–Kier alpha value is -3.93. The normalized spacial score (nSPS) is 10.6. The van der Waals surface area contributed by atoms with Crippen molar-refractivity contribution in [1.29, 1.82) is 0 Å². The molecule has 0 spiro atoms. The van der Waals surface area contributed by atoms with Crippen molar-refractivity contribution in [3.8, 4) is 5.75 Å². The zero-order valence-electron chi connectivity index (χ0n) is 16.7. The summed E-state index contributed by atoms with van der Waals surface area (Å²) in [6.45, 7) is 2.45. The molecule has 0 aliphatic rings. The fourth-order valence-electron chi connectivity index (χ4n) is 2.82. The minimum absolute atomic E-state index is 0.149. The zero-order chi connectivity index (χ0) is 21.2. The summed E-state index contributed by atoms with van der Waals surface area (Å²) in [6, 6.07) is 23.6. The highest BCUT2D eigenvalue weighted by atomic mass is 16.5. The highest BCUT2D eigenvalue weighted by Crippen LogP contribution is 2.15. The second-order valence-corrected chi connectivity index (χ2v) is 6.46. The van der Waals surface area contributed by atoms with Gasteiger partial charge in [0.1, 0.15) is 5.75 Å². The van der Waals surface area contributed by atoms with E-state index in [9.17, 15) is 9.59 Å². The van der Waals surface area contributed by atoms with E-state index in [0.717, 1.165) is 11.1 Å². The van der Waals surface area contributed by atoms with Gasteiger partial charge in [-0.3, -0.25) is 9.59 Å². The predicted octanol–water partition coefficient (Wildman–Crippen LogP) is 4.03. The first-order valence-corrected chi connectivity index (χ1v) is 9.65. The van der Waals surface area contributed by atoms with Gasteiger partial charge in [0.15, 0.2) is 0 Å². The van der Waals surface area contributed by atoms with Crippen molar-refractivity contribution in [2.45, 2.75) is 13.3 Å². The van der Waals surface area contributed by atoms with Gasteiger partial charge in [-0.15, -0.1) is 0 Å². The number of nitrogens with one attached hydrogen (secondary N) is 2. The summed E-state index contributed by atoms with van der Waals surface area (Å²) in [5, 5.41) is 6.83. The number of hydrogen-bond acceptors (Lipinski definition) is 4. The molecule has 3 aromatic rings. The number of para-hydroxylation sites is 1. The molecule has 0 aliphatic heterocycles. The first-order valence-electron chi connectivity index (χ1n) is 9.65. The molecule has 0 fully saturated rings. The molecule has 0 unspecified atom stereocenters. The molecule has 6 nitrogen and oxygen atoms in total. The van der Waals surface area contributed by atoms with Gasteiger partial charge in [-0.2, -0.15) is 5.10 Å². The Morgan fingerprint density at radius 3 is 2.53 bits per heavy atom. The smallest absolute Gasteiger partial charge is 0.271 e. The van der Waals surface area contributed by atoms with E-state index >= 15 is 0 Å². The second kappa shape index (κ2) is 10.6. The van der Waals surface area contributed by atoms with Crippen LogP contribution in [0.15, 0.2) is 84.0 Å². The minimum atomic E-state index is -0.376. The van der Waals surface area contributed by atoms with Crippen molar-refractivity contribution in [3.05, 3.63) is 95.6 Å². The van der Waals surface area contributed by atoms with Gasteiger partial charge in [-0.05, 0) is 42.8 Å². The lowest BCUT2D eigenvalue weighted by Crippen LogP contribution is -2.19. The number of carbonyl (C=O) groups excluding carboxylic acids is 2. The van der Waals surface area contributed by atoms with Crippen molar-refractivity contribution in [2.75, 3.05) is 11.9 Å². The predicted molar refractivity (Wildman–Crippen MR) is 118 cm³/mol. The number of nitrogens with zero attached hydrogens (tertiary/aromatic N) is 1. The molecule has 0 atom stereocenters. The summed E-state index contributed by atoms with van der Waals surface area (Å²) in [4.78, 5) is 24.6. The van der Waals surface area contributed by atoms with Crippen LogP contribution in [0.5, 0.6) is 5.75 Å². The van der Waals surface area contributed by atoms with Crippen LogP contribution < -0.4 is 15.5 Å². The van der Waals surface area contributed by atoms with Crippen LogP contribution in [-0.4, -0.2) is 24.6 Å². The molecular weight excluding hydrogens is 378 g/mol. The summed E-state index contributed by atoms with van der Waals surface area (Å²) in [6.07, 6.45) is 1.80. The van der Waals surface area contributed by atoms with Crippen LogP contribution in [0.2, 0.25) is 0 Å². The van der Waals surface area contributed by atoms with Crippen molar-refractivity contribution in [2.24, 2.45) is 5.10 Å². The standard InChI is InChI=1S/C24H23N3O3/c1-2-30-22-14-7-6-11-20(22)17-25-27-24(29)19-12-8-13-21(16-19)26-23(28)15-18-9-4-3-5-10-18/h3-14,16-17H,2,15H2,1H3,(H,26,28)(H,27,29)/b25-17+. The molecule has 0 aliphatic carbocycles. The molecule has 6 heteroatoms. The Balaban J connectivity index is 1.60. The maximum absolute atomic E-state index is 12.4. The fourth-order valence-corrected chi connectivity index (χ4v) is 2.82. The van der Waals surface area contributed by atoms with Gasteiger partial charge in [0.05, 0.1) is 19.2 Å². The van der Waals surface area contributed by atoms with E-state index in [1.807, 2.05) is 61.5 Å². The highest BCUT2D eigenvalue weighted by molar-refractivity contribution is 5.98. The minimum Gasteiger partial charge on any atom is -0.493 e. The van der Waals surface area contributed by atoms with Crippen LogP contribution in [0.1, 0.15) is 28.4 Å². The topological polar surface area (TPSA) is 79.8 Å². The molecule has 0 aromatic heterocycles. The number of carbonyl (C=O) groups is 2. The Labute approximate surface area is 175 Å². The third-order valence-electron chi connectivity index (χ3n) is 4.20. The number of anilines is 1. The lowest BCUT2D eigenvalue weighted by atomic mass is 10.1. The van der Waals surface area contributed by atoms with Crippen molar-refractivity contribution in [1.82, 2.24) is 5.43 Å². The van der Waals surface area contributed by atoms with E-state index in [4.69, 9.17) is 4.74 Å². The Bertz CT molecular complexity index is 1030. The van der Waals surface area contributed by atoms with E-state index in [-0.39, 0.29) is 18.2 Å². The van der Waals surface area contributed by atoms with Crippen LogP contribution in [0.3, 0.4) is 0 Å². The van der Waals surface area contributed by atoms with Crippen molar-refractivity contribution < 1.29 is 14.3 Å². The molecule has 2 amide bonds. The van der Waals surface area contributed by atoms with Gasteiger partial charge >= 0.3 is 0 Å². The average molecular weight is 401 g/mol. The molecular formula is C24H23N3O3. The number of benzene rings is 3. The van der Waals surface area contributed by atoms with E-state index < -0.39 is 0 Å². The van der Waals surface area contributed by atoms with E-state index in [1.165, 1.54) is 6.21 Å². The summed E-state index contributed by atoms with van der Waals surface area (Å²) in [5.41, 5.74) is 5.13. The number of rotatable bonds is 8. The SMILES string of the molecule is CCOc1ccccc1/C=N/NC(=O)c1cccc(NC(=O)Cc2ccccc2)c1. The first kappa shape index (κ1) is 20.8. The maximum atomic E-state index is 12.4. The Kier molecular flexibility index (Phi) is 7.33. The van der Waals surface area contributed by atoms with E-state index in [2.05, 4.69) is 15.8 Å². The van der Waals surface area contributed by atoms with Gasteiger partial charge in [0.2, 0.25) is 5.91 Å². The quantitative estimate of drug-likeness (QED) is 0.442. The number of hydrogen-bond donors (Lipinski definition) is 2. The average Bonchev–Trinajstić information content (AvgIpc) is 2.76. The molecule has 0 saturated heterocycles. The monoisotopic (exact) mass is 401 g/mol. The van der Waals surface area contributed by atoms with Crippen molar-refractivity contribution in [3.63, 3.8) is 0 Å². The zero-order valence-corrected chi connectivity index (χ0v) is 16.7. The van der Waals surface area contributed by atoms with Crippen LogP contribution in [0.4, 0.5) is 5.69 Å². The summed E-state index contributed by atoms with van der Waals surface area (Å²) < 4.78 is 5.53.